The lowest BCUT2D eigenvalue weighted by Crippen LogP contribution is -2.19. The van der Waals surface area contributed by atoms with Gasteiger partial charge >= 0.3 is 6.08 Å². The molecule has 0 saturated carbocycles. The Morgan fingerprint density at radius 2 is 1.94 bits per heavy atom. The first-order chi connectivity index (χ1) is 8.53. The summed E-state index contributed by atoms with van der Waals surface area (Å²) in [6, 6.07) is 1.74. The molecule has 6 nitrogen and oxygen atoms in total. The van der Waals surface area contributed by atoms with Crippen LogP contribution in [0.1, 0.15) is 21.6 Å². The molecule has 98 valence electrons. The molecule has 0 aliphatic carbocycles. The van der Waals surface area contributed by atoms with Crippen LogP contribution in [0, 0.1) is 13.8 Å². The third kappa shape index (κ3) is 2.97. The van der Waals surface area contributed by atoms with E-state index in [1.54, 1.807) is 13.1 Å². The van der Waals surface area contributed by atoms with Gasteiger partial charge in [-0.15, -0.1) is 0 Å². The highest BCUT2D eigenvalue weighted by Crippen LogP contribution is 2.20. The fourth-order valence-electron chi connectivity index (χ4n) is 1.34. The second kappa shape index (κ2) is 6.00. The van der Waals surface area contributed by atoms with Gasteiger partial charge in [0, 0.05) is 12.7 Å². The number of carbonyl (C=O) groups is 1. The maximum Gasteiger partial charge on any atom is 0.389 e. The van der Waals surface area contributed by atoms with Crippen LogP contribution >= 0.6 is 0 Å². The Kier molecular flexibility index (Phi) is 4.65. The molecule has 0 aromatic carbocycles. The van der Waals surface area contributed by atoms with Crippen molar-refractivity contribution in [3.63, 3.8) is 0 Å². The van der Waals surface area contributed by atoms with E-state index in [9.17, 15) is 4.79 Å². The zero-order chi connectivity index (χ0) is 13.7. The molecule has 1 amide bonds. The van der Waals surface area contributed by atoms with Crippen LogP contribution < -0.4 is 5.32 Å². The number of methoxy groups -OCH3 is 2. The minimum Gasteiger partial charge on any atom is -0.454 e. The summed E-state index contributed by atoms with van der Waals surface area (Å²) < 4.78 is 9.80. The maximum atomic E-state index is 11.8. The molecule has 0 fully saturated rings. The summed E-state index contributed by atoms with van der Waals surface area (Å²) >= 11 is 0. The quantitative estimate of drug-likeness (QED) is 0.636. The van der Waals surface area contributed by atoms with E-state index < -0.39 is 0 Å². The van der Waals surface area contributed by atoms with Gasteiger partial charge in [0.25, 0.3) is 5.91 Å². The van der Waals surface area contributed by atoms with Crippen LogP contribution in [-0.2, 0) is 9.47 Å². The summed E-state index contributed by atoms with van der Waals surface area (Å²) in [5.41, 5.74) is 2.10. The van der Waals surface area contributed by atoms with Gasteiger partial charge in [0.15, 0.2) is 5.82 Å². The number of nitrogens with zero attached hydrogens (tertiary/aromatic N) is 2. The van der Waals surface area contributed by atoms with E-state index in [0.29, 0.717) is 5.56 Å². The molecule has 0 radical (unpaired) electrons. The van der Waals surface area contributed by atoms with Crippen molar-refractivity contribution in [2.75, 3.05) is 21.3 Å². The second-order valence-corrected chi connectivity index (χ2v) is 3.63. The number of pyridine rings is 1. The number of ether oxygens (including phenoxy) is 2. The first-order valence-electron chi connectivity index (χ1n) is 5.40. The Hall–Kier alpha value is -2.11. The highest BCUT2D eigenvalue weighted by molar-refractivity contribution is 5.98. The Labute approximate surface area is 106 Å². The first kappa shape index (κ1) is 14.0. The zero-order valence-corrected chi connectivity index (χ0v) is 11.2. The Bertz CT molecular complexity index is 478. The number of rotatable bonds is 2. The molecule has 6 heteroatoms. The minimum absolute atomic E-state index is 0.0518. The van der Waals surface area contributed by atoms with Crippen molar-refractivity contribution in [3.05, 3.63) is 22.9 Å². The van der Waals surface area contributed by atoms with Crippen molar-refractivity contribution in [1.82, 2.24) is 10.3 Å². The van der Waals surface area contributed by atoms with Crippen molar-refractivity contribution in [2.24, 2.45) is 4.99 Å². The van der Waals surface area contributed by atoms with Crippen LogP contribution in [0.3, 0.4) is 0 Å². The van der Waals surface area contributed by atoms with Gasteiger partial charge in [-0.25, -0.2) is 4.98 Å². The standard InChI is InChI=1S/C12H17N3O3/c1-7-6-9(11(16)13-3)10(14-8(7)2)15-12(17-4)18-5/h6H,1-5H3,(H,13,16). The predicted octanol–water partition coefficient (Wildman–Crippen LogP) is 1.34. The molecule has 1 rings (SSSR count). The van der Waals surface area contributed by atoms with Crippen molar-refractivity contribution in [2.45, 2.75) is 13.8 Å². The Morgan fingerprint density at radius 1 is 1.33 bits per heavy atom. The normalized spacial score (nSPS) is 9.61. The third-order valence-corrected chi connectivity index (χ3v) is 2.46. The lowest BCUT2D eigenvalue weighted by atomic mass is 10.1. The molecule has 0 saturated heterocycles. The molecule has 0 unspecified atom stereocenters. The number of aromatic nitrogens is 1. The fraction of sp³-hybridized carbons (Fsp3) is 0.417. The van der Waals surface area contributed by atoms with Gasteiger partial charge in [0.05, 0.1) is 19.8 Å². The predicted molar refractivity (Wildman–Crippen MR) is 68.2 cm³/mol. The van der Waals surface area contributed by atoms with E-state index >= 15 is 0 Å². The molecule has 1 heterocycles. The first-order valence-corrected chi connectivity index (χ1v) is 5.40. The highest BCUT2D eigenvalue weighted by Gasteiger charge is 2.14. The van der Waals surface area contributed by atoms with Crippen LogP contribution in [0.2, 0.25) is 0 Å². The summed E-state index contributed by atoms with van der Waals surface area (Å²) in [6.45, 7) is 3.73. The van der Waals surface area contributed by atoms with Crippen LogP contribution in [0.5, 0.6) is 0 Å². The van der Waals surface area contributed by atoms with Crippen molar-refractivity contribution in [1.29, 1.82) is 0 Å². The maximum absolute atomic E-state index is 11.8. The number of hydrogen-bond acceptors (Lipinski definition) is 5. The topological polar surface area (TPSA) is 72.8 Å². The van der Waals surface area contributed by atoms with Gasteiger partial charge in [-0.2, -0.15) is 4.99 Å². The summed E-state index contributed by atoms with van der Waals surface area (Å²) in [5.74, 6) is 0.0204. The number of hydrogen-bond donors (Lipinski definition) is 1. The van der Waals surface area contributed by atoms with Crippen LogP contribution in [0.15, 0.2) is 11.1 Å². The molecule has 0 bridgehead atoms. The van der Waals surface area contributed by atoms with Crippen molar-refractivity contribution < 1.29 is 14.3 Å². The molecular formula is C12H17N3O3. The summed E-state index contributed by atoms with van der Waals surface area (Å²) in [5, 5.41) is 2.55. The van der Waals surface area contributed by atoms with E-state index in [1.807, 2.05) is 13.8 Å². The van der Waals surface area contributed by atoms with Gasteiger partial charge in [-0.3, -0.25) is 4.79 Å². The van der Waals surface area contributed by atoms with E-state index in [1.165, 1.54) is 14.2 Å². The van der Waals surface area contributed by atoms with Crippen molar-refractivity contribution >= 4 is 17.8 Å². The zero-order valence-electron chi connectivity index (χ0n) is 11.2. The van der Waals surface area contributed by atoms with E-state index in [0.717, 1.165) is 11.3 Å². The van der Waals surface area contributed by atoms with Crippen molar-refractivity contribution in [3.8, 4) is 0 Å². The van der Waals surface area contributed by atoms with E-state index in [-0.39, 0.29) is 17.8 Å². The second-order valence-electron chi connectivity index (χ2n) is 3.63. The number of aliphatic imine (C=N–C) groups is 1. The molecule has 1 aromatic rings. The summed E-state index contributed by atoms with van der Waals surface area (Å²) in [4.78, 5) is 20.1. The monoisotopic (exact) mass is 251 g/mol. The third-order valence-electron chi connectivity index (χ3n) is 2.46. The highest BCUT2D eigenvalue weighted by atomic mass is 16.7. The molecule has 18 heavy (non-hydrogen) atoms. The fourth-order valence-corrected chi connectivity index (χ4v) is 1.34. The van der Waals surface area contributed by atoms with Gasteiger partial charge in [-0.05, 0) is 25.5 Å². The lowest BCUT2D eigenvalue weighted by molar-refractivity contribution is 0.0963. The minimum atomic E-state index is -0.254. The summed E-state index contributed by atoms with van der Waals surface area (Å²) in [7, 11) is 4.42. The number of aryl methyl sites for hydroxylation is 2. The molecule has 0 aliphatic rings. The van der Waals surface area contributed by atoms with Gasteiger partial charge in [0.2, 0.25) is 0 Å². The Balaban J connectivity index is 3.36. The molecule has 0 spiro atoms. The molecule has 1 aromatic heterocycles. The number of amides is 1. The van der Waals surface area contributed by atoms with Crippen LogP contribution in [0.4, 0.5) is 5.82 Å². The van der Waals surface area contributed by atoms with Gasteiger partial charge in [-0.1, -0.05) is 0 Å². The number of nitrogens with one attached hydrogen (secondary N) is 1. The average Bonchev–Trinajstić information content (AvgIpc) is 2.38. The number of carbonyl (C=O) groups excluding carboxylic acids is 1. The molecule has 1 N–H and O–H groups in total. The molecule has 0 aliphatic heterocycles. The largest absolute Gasteiger partial charge is 0.454 e. The van der Waals surface area contributed by atoms with Gasteiger partial charge in [0.1, 0.15) is 0 Å². The smallest absolute Gasteiger partial charge is 0.389 e. The van der Waals surface area contributed by atoms with Crippen LogP contribution in [-0.4, -0.2) is 38.2 Å². The summed E-state index contributed by atoms with van der Waals surface area (Å²) in [6.07, 6.45) is 0.0518. The van der Waals surface area contributed by atoms with E-state index in [2.05, 4.69) is 15.3 Å². The van der Waals surface area contributed by atoms with Crippen LogP contribution in [0.25, 0.3) is 0 Å². The SMILES string of the molecule is CNC(=O)c1cc(C)c(C)nc1N=C(OC)OC. The molecule has 0 atom stereocenters. The molecular weight excluding hydrogens is 234 g/mol. The Morgan fingerprint density at radius 3 is 2.44 bits per heavy atom. The lowest BCUT2D eigenvalue weighted by Gasteiger charge is -2.08. The average molecular weight is 251 g/mol. The van der Waals surface area contributed by atoms with Gasteiger partial charge < -0.3 is 14.8 Å². The van der Waals surface area contributed by atoms with E-state index in [4.69, 9.17) is 9.47 Å².